The van der Waals surface area contributed by atoms with E-state index in [2.05, 4.69) is 11.0 Å². The van der Waals surface area contributed by atoms with E-state index in [0.717, 1.165) is 21.9 Å². The molecule has 4 nitrogen and oxygen atoms in total. The van der Waals surface area contributed by atoms with Crippen LogP contribution in [0.5, 0.6) is 5.75 Å². The van der Waals surface area contributed by atoms with Crippen LogP contribution in [-0.2, 0) is 0 Å². The second kappa shape index (κ2) is 7.25. The summed E-state index contributed by atoms with van der Waals surface area (Å²) < 4.78 is 5.21. The summed E-state index contributed by atoms with van der Waals surface area (Å²) in [5, 5.41) is 20.0. The van der Waals surface area contributed by atoms with Crippen LogP contribution in [0.15, 0.2) is 53.4 Å². The highest BCUT2D eigenvalue weighted by Crippen LogP contribution is 2.45. The van der Waals surface area contributed by atoms with Crippen LogP contribution >= 0.6 is 11.8 Å². The Hall–Kier alpha value is -1.69. The fourth-order valence-electron chi connectivity index (χ4n) is 2.87. The Morgan fingerprint density at radius 2 is 1.91 bits per heavy atom. The van der Waals surface area contributed by atoms with E-state index in [1.807, 2.05) is 42.5 Å². The number of aliphatic hydroxyl groups is 2. The highest BCUT2D eigenvalue weighted by molar-refractivity contribution is 7.99. The third-order valence-electron chi connectivity index (χ3n) is 4.03. The van der Waals surface area contributed by atoms with Gasteiger partial charge < -0.3 is 19.8 Å². The molecular weight excluding hydrogens is 310 g/mol. The van der Waals surface area contributed by atoms with Crippen molar-refractivity contribution in [3.8, 4) is 5.75 Å². The molecule has 0 radical (unpaired) electrons. The zero-order valence-corrected chi connectivity index (χ0v) is 13.9. The Balaban J connectivity index is 1.93. The summed E-state index contributed by atoms with van der Waals surface area (Å²) in [4.78, 5) is 3.18. The molecule has 0 aliphatic carbocycles. The molecule has 0 saturated heterocycles. The number of hydrogen-bond donors (Lipinski definition) is 2. The number of aliphatic hydroxyl groups excluding tert-OH is 2. The molecule has 2 N–H and O–H groups in total. The molecule has 0 spiro atoms. The van der Waals surface area contributed by atoms with Crippen molar-refractivity contribution in [1.29, 1.82) is 0 Å². The van der Waals surface area contributed by atoms with Gasteiger partial charge in [0.15, 0.2) is 0 Å². The maximum atomic E-state index is 10.7. The Labute approximate surface area is 140 Å². The summed E-state index contributed by atoms with van der Waals surface area (Å²) in [6.45, 7) is 1.09. The van der Waals surface area contributed by atoms with E-state index >= 15 is 0 Å². The lowest BCUT2D eigenvalue weighted by atomic mass is 10.1. The molecule has 0 aromatic heterocycles. The molecule has 2 aromatic rings. The summed E-state index contributed by atoms with van der Waals surface area (Å²) in [5.41, 5.74) is 2.14. The molecule has 23 heavy (non-hydrogen) atoms. The van der Waals surface area contributed by atoms with Crippen molar-refractivity contribution in [3.63, 3.8) is 0 Å². The van der Waals surface area contributed by atoms with Gasteiger partial charge in [-0.25, -0.2) is 0 Å². The number of thioether (sulfide) groups is 1. The monoisotopic (exact) mass is 331 g/mol. The first kappa shape index (κ1) is 16.2. The molecule has 1 heterocycles. The Kier molecular flexibility index (Phi) is 5.10. The number of methoxy groups -OCH3 is 1. The molecule has 1 aliphatic heterocycles. The first-order valence-electron chi connectivity index (χ1n) is 7.66. The Morgan fingerprint density at radius 3 is 2.61 bits per heavy atom. The van der Waals surface area contributed by atoms with E-state index < -0.39 is 6.10 Å². The van der Waals surface area contributed by atoms with Crippen LogP contribution in [0.3, 0.4) is 0 Å². The van der Waals surface area contributed by atoms with Gasteiger partial charge in [0.05, 0.1) is 30.8 Å². The van der Waals surface area contributed by atoms with Crippen LogP contribution in [-0.4, -0.2) is 43.1 Å². The fourth-order valence-corrected chi connectivity index (χ4v) is 4.15. The third kappa shape index (κ3) is 3.47. The number of β-amino-alcohol motifs (C(OH)–C–C–N with tert-alkyl or cyclic N) is 2. The van der Waals surface area contributed by atoms with Crippen molar-refractivity contribution in [2.45, 2.75) is 16.2 Å². The van der Waals surface area contributed by atoms with Crippen molar-refractivity contribution >= 4 is 17.4 Å². The Bertz CT molecular complexity index is 647. The average molecular weight is 331 g/mol. The standard InChI is InChI=1S/C18H21NO3S/c1-22-14-8-6-13(7-9-14)18-16(21)12-19(10-11-20)15-4-2-3-5-17(15)23-18/h2-9,16,18,20-21H,10-12H2,1H3/t16-,18-/m0/s1. The molecule has 122 valence electrons. The van der Waals surface area contributed by atoms with Crippen molar-refractivity contribution in [3.05, 3.63) is 54.1 Å². The third-order valence-corrected chi connectivity index (χ3v) is 5.47. The van der Waals surface area contributed by atoms with Crippen molar-refractivity contribution in [1.82, 2.24) is 0 Å². The number of fused-ring (bicyclic) bond motifs is 1. The zero-order valence-electron chi connectivity index (χ0n) is 13.1. The number of para-hydroxylation sites is 1. The van der Waals surface area contributed by atoms with Crippen LogP contribution in [0.2, 0.25) is 0 Å². The molecule has 2 aromatic carbocycles. The van der Waals surface area contributed by atoms with Crippen molar-refractivity contribution in [2.75, 3.05) is 31.7 Å². The van der Waals surface area contributed by atoms with Gasteiger partial charge in [-0.3, -0.25) is 0 Å². The lowest BCUT2D eigenvalue weighted by Crippen LogP contribution is -2.35. The zero-order chi connectivity index (χ0) is 16.2. The second-order valence-electron chi connectivity index (χ2n) is 5.52. The second-order valence-corrected chi connectivity index (χ2v) is 6.70. The molecular formula is C18H21NO3S. The molecule has 3 rings (SSSR count). The van der Waals surface area contributed by atoms with E-state index in [1.54, 1.807) is 18.9 Å². The molecule has 2 atom stereocenters. The van der Waals surface area contributed by atoms with Crippen LogP contribution in [0, 0.1) is 0 Å². The number of rotatable bonds is 4. The molecule has 0 unspecified atom stereocenters. The first-order chi connectivity index (χ1) is 11.2. The van der Waals surface area contributed by atoms with E-state index in [-0.39, 0.29) is 11.9 Å². The van der Waals surface area contributed by atoms with Crippen LogP contribution < -0.4 is 9.64 Å². The predicted molar refractivity (Wildman–Crippen MR) is 93.3 cm³/mol. The quantitative estimate of drug-likeness (QED) is 0.902. The van der Waals surface area contributed by atoms with E-state index in [9.17, 15) is 10.2 Å². The lowest BCUT2D eigenvalue weighted by molar-refractivity contribution is 0.175. The number of nitrogens with zero attached hydrogens (tertiary/aromatic N) is 1. The fraction of sp³-hybridized carbons (Fsp3) is 0.333. The summed E-state index contributed by atoms with van der Waals surface area (Å²) >= 11 is 1.67. The SMILES string of the molecule is COc1ccc([C@@H]2Sc3ccccc3N(CCO)C[C@@H]2O)cc1. The lowest BCUT2D eigenvalue weighted by Gasteiger charge is -2.26. The van der Waals surface area contributed by atoms with Crippen molar-refractivity contribution < 1.29 is 14.9 Å². The highest BCUT2D eigenvalue weighted by Gasteiger charge is 2.30. The molecule has 0 amide bonds. The smallest absolute Gasteiger partial charge is 0.118 e. The maximum absolute atomic E-state index is 10.7. The van der Waals surface area contributed by atoms with Gasteiger partial charge in [0, 0.05) is 18.0 Å². The number of hydrogen-bond acceptors (Lipinski definition) is 5. The van der Waals surface area contributed by atoms with Gasteiger partial charge in [-0.2, -0.15) is 0 Å². The van der Waals surface area contributed by atoms with Gasteiger partial charge in [-0.15, -0.1) is 11.8 Å². The number of benzene rings is 2. The van der Waals surface area contributed by atoms with Crippen LogP contribution in [0.4, 0.5) is 5.69 Å². The highest BCUT2D eigenvalue weighted by atomic mass is 32.2. The van der Waals surface area contributed by atoms with Gasteiger partial charge in [-0.05, 0) is 29.8 Å². The van der Waals surface area contributed by atoms with Gasteiger partial charge in [0.25, 0.3) is 0 Å². The first-order valence-corrected chi connectivity index (χ1v) is 8.54. The minimum atomic E-state index is -0.521. The van der Waals surface area contributed by atoms with Crippen LogP contribution in [0.1, 0.15) is 10.8 Å². The summed E-state index contributed by atoms with van der Waals surface area (Å²) in [5.74, 6) is 0.809. The minimum absolute atomic E-state index is 0.0502. The number of ether oxygens (including phenoxy) is 1. The Morgan fingerprint density at radius 1 is 1.17 bits per heavy atom. The normalized spacial score (nSPS) is 20.7. The summed E-state index contributed by atoms with van der Waals surface area (Å²) in [6, 6.07) is 16.0. The topological polar surface area (TPSA) is 52.9 Å². The molecule has 0 bridgehead atoms. The predicted octanol–water partition coefficient (Wildman–Crippen LogP) is 2.70. The van der Waals surface area contributed by atoms with E-state index in [0.29, 0.717) is 13.1 Å². The number of anilines is 1. The summed E-state index contributed by atoms with van der Waals surface area (Å²) in [6.07, 6.45) is -0.521. The minimum Gasteiger partial charge on any atom is -0.497 e. The van der Waals surface area contributed by atoms with Gasteiger partial charge in [0.2, 0.25) is 0 Å². The van der Waals surface area contributed by atoms with Crippen molar-refractivity contribution in [2.24, 2.45) is 0 Å². The molecule has 0 fully saturated rings. The molecule has 5 heteroatoms. The van der Waals surface area contributed by atoms with Gasteiger partial charge >= 0.3 is 0 Å². The average Bonchev–Trinajstić information content (AvgIpc) is 2.73. The summed E-state index contributed by atoms with van der Waals surface area (Å²) in [7, 11) is 1.65. The largest absolute Gasteiger partial charge is 0.497 e. The molecule has 0 saturated carbocycles. The molecule has 1 aliphatic rings. The van der Waals surface area contributed by atoms with Crippen LogP contribution in [0.25, 0.3) is 0 Å². The van der Waals surface area contributed by atoms with E-state index in [1.165, 1.54) is 0 Å². The van der Waals surface area contributed by atoms with Gasteiger partial charge in [0.1, 0.15) is 5.75 Å². The van der Waals surface area contributed by atoms with E-state index in [4.69, 9.17) is 4.74 Å². The maximum Gasteiger partial charge on any atom is 0.118 e. The van der Waals surface area contributed by atoms with Gasteiger partial charge in [-0.1, -0.05) is 24.3 Å².